The highest BCUT2D eigenvalue weighted by molar-refractivity contribution is 7.14. The summed E-state index contributed by atoms with van der Waals surface area (Å²) in [6.07, 6.45) is 2.42. The Labute approximate surface area is 156 Å². The molecule has 8 heteroatoms. The first-order chi connectivity index (χ1) is 12.4. The Balaban J connectivity index is 1.65. The van der Waals surface area contributed by atoms with E-state index >= 15 is 0 Å². The van der Waals surface area contributed by atoms with Gasteiger partial charge in [0.25, 0.3) is 11.6 Å². The summed E-state index contributed by atoms with van der Waals surface area (Å²) in [5.74, 6) is 0.411. The van der Waals surface area contributed by atoms with Crippen molar-refractivity contribution < 1.29 is 9.72 Å². The van der Waals surface area contributed by atoms with Crippen LogP contribution in [0.5, 0.6) is 0 Å². The predicted molar refractivity (Wildman–Crippen MR) is 102 cm³/mol. The van der Waals surface area contributed by atoms with Crippen molar-refractivity contribution in [3.8, 4) is 0 Å². The molecule has 1 aromatic heterocycles. The number of nitrogens with one attached hydrogen (secondary N) is 1. The molecule has 0 radical (unpaired) electrons. The van der Waals surface area contributed by atoms with E-state index in [4.69, 9.17) is 0 Å². The maximum Gasteiger partial charge on any atom is 0.273 e. The zero-order valence-electron chi connectivity index (χ0n) is 14.9. The van der Waals surface area contributed by atoms with Crippen LogP contribution in [0.25, 0.3) is 0 Å². The van der Waals surface area contributed by atoms with E-state index in [1.165, 1.54) is 36.3 Å². The van der Waals surface area contributed by atoms with Crippen LogP contribution in [0, 0.1) is 23.0 Å². The molecule has 3 rings (SSSR count). The van der Waals surface area contributed by atoms with Crippen LogP contribution < -0.4 is 5.32 Å². The second-order valence-electron chi connectivity index (χ2n) is 6.76. The molecule has 1 fully saturated rings. The minimum absolute atomic E-state index is 0.0585. The standard InChI is InChI=1S/C18H22N4O3S/c1-12-6-8-21(9-7-12)10-14-11-26-18(19-14)20-17(23)15-4-3-5-16(13(15)2)22(24)25/h3-5,11-12H,6-10H2,1-2H3,(H,19,20,23). The molecule has 26 heavy (non-hydrogen) atoms. The van der Waals surface area contributed by atoms with E-state index in [1.807, 2.05) is 5.38 Å². The third-order valence-corrected chi connectivity index (χ3v) is 5.59. The molecule has 0 saturated carbocycles. The van der Waals surface area contributed by atoms with Crippen LogP contribution in [0.1, 0.15) is 41.4 Å². The van der Waals surface area contributed by atoms with Gasteiger partial charge in [0.2, 0.25) is 0 Å². The summed E-state index contributed by atoms with van der Waals surface area (Å²) in [7, 11) is 0. The van der Waals surface area contributed by atoms with Gasteiger partial charge in [-0.1, -0.05) is 13.0 Å². The lowest BCUT2D eigenvalue weighted by Gasteiger charge is -2.29. The first-order valence-corrected chi connectivity index (χ1v) is 9.54. The molecule has 0 unspecified atom stereocenters. The van der Waals surface area contributed by atoms with Gasteiger partial charge in [-0.2, -0.15) is 0 Å². The molecule has 1 N–H and O–H groups in total. The number of amides is 1. The summed E-state index contributed by atoms with van der Waals surface area (Å²) in [5.41, 5.74) is 1.53. The number of nitrogens with zero attached hydrogens (tertiary/aromatic N) is 3. The van der Waals surface area contributed by atoms with Crippen molar-refractivity contribution in [2.75, 3.05) is 18.4 Å². The first kappa shape index (κ1) is 18.5. The molecule has 0 spiro atoms. The topological polar surface area (TPSA) is 88.4 Å². The number of thiazole rings is 1. The summed E-state index contributed by atoms with van der Waals surface area (Å²) in [5, 5.41) is 16.3. The molecule has 1 aliphatic rings. The van der Waals surface area contributed by atoms with Crippen molar-refractivity contribution in [2.24, 2.45) is 5.92 Å². The number of rotatable bonds is 5. The molecule has 0 bridgehead atoms. The Hall–Kier alpha value is -2.32. The average molecular weight is 374 g/mol. The summed E-state index contributed by atoms with van der Waals surface area (Å²) in [4.78, 5) is 29.9. The molecule has 1 aliphatic heterocycles. The molecule has 0 aliphatic carbocycles. The largest absolute Gasteiger partial charge is 0.298 e. The number of benzene rings is 1. The van der Waals surface area contributed by atoms with E-state index < -0.39 is 4.92 Å². The Kier molecular flexibility index (Phi) is 5.63. The summed E-state index contributed by atoms with van der Waals surface area (Å²) >= 11 is 1.37. The van der Waals surface area contributed by atoms with Gasteiger partial charge >= 0.3 is 0 Å². The lowest BCUT2D eigenvalue weighted by atomic mass is 9.99. The van der Waals surface area contributed by atoms with E-state index in [0.717, 1.165) is 31.2 Å². The van der Waals surface area contributed by atoms with Crippen LogP contribution in [0.15, 0.2) is 23.6 Å². The van der Waals surface area contributed by atoms with Gasteiger partial charge in [0.1, 0.15) is 0 Å². The van der Waals surface area contributed by atoms with E-state index in [0.29, 0.717) is 16.3 Å². The van der Waals surface area contributed by atoms with Gasteiger partial charge in [0, 0.05) is 29.1 Å². The molecule has 7 nitrogen and oxygen atoms in total. The van der Waals surface area contributed by atoms with Crippen molar-refractivity contribution in [3.05, 3.63) is 50.5 Å². The molecular weight excluding hydrogens is 352 g/mol. The fourth-order valence-corrected chi connectivity index (χ4v) is 3.81. The molecule has 1 aromatic carbocycles. The fraction of sp³-hybridized carbons (Fsp3) is 0.444. The Morgan fingerprint density at radius 3 is 2.85 bits per heavy atom. The minimum Gasteiger partial charge on any atom is -0.298 e. The van der Waals surface area contributed by atoms with Crippen molar-refractivity contribution in [3.63, 3.8) is 0 Å². The number of carbonyl (C=O) groups excluding carboxylic acids is 1. The quantitative estimate of drug-likeness (QED) is 0.634. The van der Waals surface area contributed by atoms with Gasteiger partial charge in [-0.15, -0.1) is 11.3 Å². The molecule has 1 saturated heterocycles. The molecule has 2 heterocycles. The highest BCUT2D eigenvalue weighted by Crippen LogP contribution is 2.24. The minimum atomic E-state index is -0.479. The third kappa shape index (κ3) is 4.25. The zero-order chi connectivity index (χ0) is 18.7. The van der Waals surface area contributed by atoms with Gasteiger partial charge in [0.05, 0.1) is 10.6 Å². The molecule has 0 atom stereocenters. The van der Waals surface area contributed by atoms with Gasteiger partial charge < -0.3 is 0 Å². The first-order valence-electron chi connectivity index (χ1n) is 8.66. The van der Waals surface area contributed by atoms with E-state index in [1.54, 1.807) is 13.0 Å². The predicted octanol–water partition coefficient (Wildman–Crippen LogP) is 3.84. The Morgan fingerprint density at radius 1 is 1.42 bits per heavy atom. The van der Waals surface area contributed by atoms with Gasteiger partial charge in [0.15, 0.2) is 5.13 Å². The van der Waals surface area contributed by atoms with Crippen LogP contribution in [-0.4, -0.2) is 33.8 Å². The van der Waals surface area contributed by atoms with E-state index in [9.17, 15) is 14.9 Å². The number of hydrogen-bond acceptors (Lipinski definition) is 6. The summed E-state index contributed by atoms with van der Waals surface area (Å²) in [6.45, 7) is 6.80. The normalized spacial score (nSPS) is 15.8. The summed E-state index contributed by atoms with van der Waals surface area (Å²) in [6, 6.07) is 4.50. The van der Waals surface area contributed by atoms with Gasteiger partial charge in [-0.25, -0.2) is 4.98 Å². The van der Waals surface area contributed by atoms with E-state index in [-0.39, 0.29) is 11.6 Å². The second-order valence-corrected chi connectivity index (χ2v) is 7.62. The Morgan fingerprint density at radius 2 is 2.15 bits per heavy atom. The number of nitro benzene ring substituents is 1. The average Bonchev–Trinajstić information content (AvgIpc) is 3.03. The molecular formula is C18H22N4O3S. The van der Waals surface area contributed by atoms with Crippen LogP contribution in [0.3, 0.4) is 0 Å². The second kappa shape index (κ2) is 7.92. The SMILES string of the molecule is Cc1c(C(=O)Nc2nc(CN3CCC(C)CC3)cs2)cccc1[N+](=O)[O-]. The lowest BCUT2D eigenvalue weighted by Crippen LogP contribution is -2.32. The number of carbonyl (C=O) groups is 1. The fourth-order valence-electron chi connectivity index (χ4n) is 3.12. The number of nitro groups is 1. The van der Waals surface area contributed by atoms with Crippen molar-refractivity contribution >= 4 is 28.1 Å². The smallest absolute Gasteiger partial charge is 0.273 e. The third-order valence-electron chi connectivity index (χ3n) is 4.78. The number of likely N-dealkylation sites (tertiary alicyclic amines) is 1. The number of aromatic nitrogens is 1. The number of anilines is 1. The van der Waals surface area contributed by atoms with Crippen LogP contribution in [-0.2, 0) is 6.54 Å². The number of hydrogen-bond donors (Lipinski definition) is 1. The highest BCUT2D eigenvalue weighted by atomic mass is 32.1. The maximum absolute atomic E-state index is 12.5. The van der Waals surface area contributed by atoms with Gasteiger partial charge in [-0.05, 0) is 44.8 Å². The number of piperidine rings is 1. The van der Waals surface area contributed by atoms with E-state index in [2.05, 4.69) is 22.1 Å². The van der Waals surface area contributed by atoms with Crippen molar-refractivity contribution in [1.82, 2.24) is 9.88 Å². The van der Waals surface area contributed by atoms with Crippen LogP contribution >= 0.6 is 11.3 Å². The summed E-state index contributed by atoms with van der Waals surface area (Å²) < 4.78 is 0. The van der Waals surface area contributed by atoms with Crippen LogP contribution in [0.4, 0.5) is 10.8 Å². The molecule has 138 valence electrons. The highest BCUT2D eigenvalue weighted by Gasteiger charge is 2.20. The molecule has 2 aromatic rings. The lowest BCUT2D eigenvalue weighted by molar-refractivity contribution is -0.385. The monoisotopic (exact) mass is 374 g/mol. The maximum atomic E-state index is 12.5. The molecule has 1 amide bonds. The van der Waals surface area contributed by atoms with Crippen LogP contribution in [0.2, 0.25) is 0 Å². The van der Waals surface area contributed by atoms with Gasteiger partial charge in [-0.3, -0.25) is 25.1 Å². The van der Waals surface area contributed by atoms with Crippen molar-refractivity contribution in [2.45, 2.75) is 33.2 Å². The Bertz CT molecular complexity index is 813. The van der Waals surface area contributed by atoms with Crippen molar-refractivity contribution in [1.29, 1.82) is 0 Å². The zero-order valence-corrected chi connectivity index (χ0v) is 15.7.